The van der Waals surface area contributed by atoms with Crippen LogP contribution in [0.2, 0.25) is 0 Å². The van der Waals surface area contributed by atoms with Crippen LogP contribution in [-0.4, -0.2) is 32.3 Å². The van der Waals surface area contributed by atoms with Gasteiger partial charge in [-0.15, -0.1) is 0 Å². The molecule has 0 unspecified atom stereocenters. The van der Waals surface area contributed by atoms with Crippen LogP contribution < -0.4 is 10.2 Å². The first-order valence-electron chi connectivity index (χ1n) is 2.36. The van der Waals surface area contributed by atoms with Crippen LogP contribution in [0, 0.1) is 0 Å². The molecule has 60 valence electrons. The van der Waals surface area contributed by atoms with E-state index < -0.39 is 21.7 Å². The lowest BCUT2D eigenvalue weighted by atomic mass is 10.8. The van der Waals surface area contributed by atoms with Crippen LogP contribution in [0.15, 0.2) is 0 Å². The normalized spacial score (nSPS) is 11.0. The lowest BCUT2D eigenvalue weighted by Crippen LogP contribution is -2.33. The van der Waals surface area contributed by atoms with Gasteiger partial charge in [0.25, 0.3) is 5.91 Å². The summed E-state index contributed by atoms with van der Waals surface area (Å²) in [6.07, 6.45) is 0. The second kappa shape index (κ2) is 3.49. The number of carbonyl (C=O) groups excluding carboxylic acids is 1. The third-order valence-electron chi connectivity index (χ3n) is 0.757. The molecule has 0 aromatic rings. The quantitative estimate of drug-likeness (QED) is 0.337. The maximum Gasteiger partial charge on any atom is 0.259 e. The Morgan fingerprint density at radius 1 is 1.60 bits per heavy atom. The lowest BCUT2D eigenvalue weighted by molar-refractivity contribution is -0.126. The van der Waals surface area contributed by atoms with E-state index in [1.807, 2.05) is 4.72 Å². The van der Waals surface area contributed by atoms with Gasteiger partial charge >= 0.3 is 0 Å². The second-order valence-corrected chi connectivity index (χ2v) is 3.42. The number of hydroxylamine groups is 1. The first-order valence-corrected chi connectivity index (χ1v) is 4.01. The molecule has 10 heavy (non-hydrogen) atoms. The molecule has 0 rings (SSSR count). The highest BCUT2D eigenvalue weighted by molar-refractivity contribution is 7.90. The number of amides is 1. The van der Waals surface area contributed by atoms with Crippen LogP contribution in [0.3, 0.4) is 0 Å². The van der Waals surface area contributed by atoms with E-state index in [1.54, 1.807) is 0 Å². The van der Waals surface area contributed by atoms with Crippen molar-refractivity contribution >= 4 is 15.9 Å². The second-order valence-electron chi connectivity index (χ2n) is 1.50. The number of rotatable bonds is 3. The van der Waals surface area contributed by atoms with Gasteiger partial charge in [-0.1, -0.05) is 0 Å². The number of nitrogens with one attached hydrogen (secondary N) is 2. The molecule has 0 heterocycles. The Labute approximate surface area is 58.2 Å². The summed E-state index contributed by atoms with van der Waals surface area (Å²) < 4.78 is 22.9. The van der Waals surface area contributed by atoms with Crippen LogP contribution in [-0.2, 0) is 14.8 Å². The lowest BCUT2D eigenvalue weighted by Gasteiger charge is -1.98. The standard InChI is InChI=1S/C3H8N2O4S/c1-4-10(8,9)2-3(6)5-7/h4,7H,2H2,1H3,(H,5,6). The summed E-state index contributed by atoms with van der Waals surface area (Å²) in [4.78, 5) is 10.2. The topological polar surface area (TPSA) is 95.5 Å². The van der Waals surface area contributed by atoms with Crippen LogP contribution in [0.1, 0.15) is 0 Å². The van der Waals surface area contributed by atoms with Crippen molar-refractivity contribution in [3.05, 3.63) is 0 Å². The smallest absolute Gasteiger partial charge is 0.259 e. The summed E-state index contributed by atoms with van der Waals surface area (Å²) in [5.41, 5.74) is 1.20. The average molecular weight is 168 g/mol. The summed E-state index contributed by atoms with van der Waals surface area (Å²) in [6, 6.07) is 0. The maximum absolute atomic E-state index is 10.5. The molecule has 0 aliphatic rings. The molecule has 0 radical (unpaired) electrons. The zero-order chi connectivity index (χ0) is 8.20. The Morgan fingerprint density at radius 3 is 2.40 bits per heavy atom. The van der Waals surface area contributed by atoms with E-state index in [4.69, 9.17) is 5.21 Å². The molecule has 3 N–H and O–H groups in total. The van der Waals surface area contributed by atoms with Crippen LogP contribution in [0.4, 0.5) is 0 Å². The van der Waals surface area contributed by atoms with Crippen molar-refractivity contribution in [1.29, 1.82) is 0 Å². The van der Waals surface area contributed by atoms with E-state index in [0.29, 0.717) is 0 Å². The van der Waals surface area contributed by atoms with Crippen molar-refractivity contribution < 1.29 is 18.4 Å². The average Bonchev–Trinajstić information content (AvgIpc) is 1.87. The zero-order valence-corrected chi connectivity index (χ0v) is 6.10. The fourth-order valence-corrected chi connectivity index (χ4v) is 0.831. The largest absolute Gasteiger partial charge is 0.289 e. The molecule has 0 saturated heterocycles. The molecule has 0 atom stereocenters. The van der Waals surface area contributed by atoms with Crippen molar-refractivity contribution in [3.63, 3.8) is 0 Å². The van der Waals surface area contributed by atoms with Gasteiger partial charge in [-0.3, -0.25) is 10.0 Å². The molecule has 0 saturated carbocycles. The van der Waals surface area contributed by atoms with Gasteiger partial charge in [0.05, 0.1) is 0 Å². The molecule has 1 amide bonds. The molecular formula is C3H8N2O4S. The minimum Gasteiger partial charge on any atom is -0.289 e. The Balaban J connectivity index is 4.03. The molecule has 0 spiro atoms. The Morgan fingerprint density at radius 2 is 2.10 bits per heavy atom. The minimum atomic E-state index is -3.55. The summed E-state index contributed by atoms with van der Waals surface area (Å²) in [6.45, 7) is 0. The number of carbonyl (C=O) groups is 1. The Hall–Kier alpha value is -0.660. The third-order valence-corrected chi connectivity index (χ3v) is 2.02. The zero-order valence-electron chi connectivity index (χ0n) is 5.29. The summed E-state index contributed by atoms with van der Waals surface area (Å²) in [7, 11) is -2.37. The third kappa shape index (κ3) is 3.38. The van der Waals surface area contributed by atoms with Crippen molar-refractivity contribution in [2.75, 3.05) is 12.8 Å². The van der Waals surface area contributed by atoms with Gasteiger partial charge in [0.1, 0.15) is 5.75 Å². The van der Waals surface area contributed by atoms with E-state index in [1.165, 1.54) is 12.5 Å². The Bertz CT molecular complexity index is 209. The maximum atomic E-state index is 10.5. The summed E-state index contributed by atoms with van der Waals surface area (Å²) >= 11 is 0. The molecule has 0 aromatic heterocycles. The number of hydrogen-bond acceptors (Lipinski definition) is 4. The predicted molar refractivity (Wildman–Crippen MR) is 32.8 cm³/mol. The summed E-state index contributed by atoms with van der Waals surface area (Å²) in [5, 5.41) is 7.90. The molecule has 0 aliphatic carbocycles. The van der Waals surface area contributed by atoms with Crippen molar-refractivity contribution in [2.24, 2.45) is 0 Å². The van der Waals surface area contributed by atoms with E-state index in [9.17, 15) is 13.2 Å². The highest BCUT2D eigenvalue weighted by Crippen LogP contribution is 1.79. The molecule has 0 aromatic carbocycles. The van der Waals surface area contributed by atoms with Crippen LogP contribution >= 0.6 is 0 Å². The molecule has 0 aliphatic heterocycles. The molecular weight excluding hydrogens is 160 g/mol. The predicted octanol–water partition coefficient (Wildman–Crippen LogP) is -1.96. The van der Waals surface area contributed by atoms with Gasteiger partial charge in [0.2, 0.25) is 10.0 Å². The summed E-state index contributed by atoms with van der Waals surface area (Å²) in [5.74, 6) is -1.73. The van der Waals surface area contributed by atoms with Crippen LogP contribution in [0.25, 0.3) is 0 Å². The van der Waals surface area contributed by atoms with Gasteiger partial charge in [-0.05, 0) is 7.05 Å². The van der Waals surface area contributed by atoms with E-state index in [0.717, 1.165) is 0 Å². The monoisotopic (exact) mass is 168 g/mol. The van der Waals surface area contributed by atoms with Gasteiger partial charge < -0.3 is 0 Å². The van der Waals surface area contributed by atoms with Gasteiger partial charge in [-0.2, -0.15) is 0 Å². The number of hydrogen-bond donors (Lipinski definition) is 3. The SMILES string of the molecule is CNS(=O)(=O)CC(=O)NO. The van der Waals surface area contributed by atoms with E-state index in [-0.39, 0.29) is 0 Å². The van der Waals surface area contributed by atoms with E-state index in [2.05, 4.69) is 0 Å². The molecule has 6 nitrogen and oxygen atoms in total. The Kier molecular flexibility index (Phi) is 3.26. The fraction of sp³-hybridized carbons (Fsp3) is 0.667. The highest BCUT2D eigenvalue weighted by atomic mass is 32.2. The van der Waals surface area contributed by atoms with Crippen molar-refractivity contribution in [2.45, 2.75) is 0 Å². The number of sulfonamides is 1. The first-order chi connectivity index (χ1) is 4.52. The highest BCUT2D eigenvalue weighted by Gasteiger charge is 2.12. The fourth-order valence-electron chi connectivity index (χ4n) is 0.277. The van der Waals surface area contributed by atoms with Gasteiger partial charge in [0, 0.05) is 0 Å². The molecule has 0 bridgehead atoms. The first kappa shape index (κ1) is 9.34. The van der Waals surface area contributed by atoms with Gasteiger partial charge in [-0.25, -0.2) is 18.6 Å². The van der Waals surface area contributed by atoms with Crippen molar-refractivity contribution in [1.82, 2.24) is 10.2 Å². The minimum absolute atomic E-state index is 0.764. The van der Waals surface area contributed by atoms with E-state index >= 15 is 0 Å². The van der Waals surface area contributed by atoms with Crippen LogP contribution in [0.5, 0.6) is 0 Å². The molecule has 0 fully saturated rings. The van der Waals surface area contributed by atoms with Gasteiger partial charge in [0.15, 0.2) is 0 Å². The molecule has 7 heteroatoms. The van der Waals surface area contributed by atoms with Crippen molar-refractivity contribution in [3.8, 4) is 0 Å².